The quantitative estimate of drug-likeness (QED) is 0.901. The van der Waals surface area contributed by atoms with Gasteiger partial charge >= 0.3 is 0 Å². The summed E-state index contributed by atoms with van der Waals surface area (Å²) < 4.78 is 14.1. The summed E-state index contributed by atoms with van der Waals surface area (Å²) in [6.45, 7) is 4.41. The predicted octanol–water partition coefficient (Wildman–Crippen LogP) is 3.29. The third-order valence-corrected chi connectivity index (χ3v) is 3.82. The van der Waals surface area contributed by atoms with Crippen molar-refractivity contribution in [3.63, 3.8) is 0 Å². The number of nitrogens with one attached hydrogen (secondary N) is 1. The van der Waals surface area contributed by atoms with Crippen molar-refractivity contribution in [1.82, 2.24) is 5.32 Å². The molecule has 2 nitrogen and oxygen atoms in total. The molecule has 20 heavy (non-hydrogen) atoms. The van der Waals surface area contributed by atoms with Crippen LogP contribution < -0.4 is 10.2 Å². The van der Waals surface area contributed by atoms with Crippen molar-refractivity contribution in [2.75, 3.05) is 24.5 Å². The van der Waals surface area contributed by atoms with Crippen molar-refractivity contribution < 1.29 is 4.39 Å². The molecule has 1 aliphatic heterocycles. The van der Waals surface area contributed by atoms with Crippen LogP contribution in [0.25, 0.3) is 0 Å². The molecule has 0 spiro atoms. The van der Waals surface area contributed by atoms with Crippen LogP contribution >= 0.6 is 0 Å². The Labute approximate surface area is 119 Å². The Hall–Kier alpha value is -1.87. The molecule has 1 fully saturated rings. The van der Waals surface area contributed by atoms with Gasteiger partial charge < -0.3 is 10.2 Å². The van der Waals surface area contributed by atoms with E-state index < -0.39 is 0 Å². The van der Waals surface area contributed by atoms with Crippen LogP contribution in [0, 0.1) is 12.7 Å². The summed E-state index contributed by atoms with van der Waals surface area (Å²) in [6.07, 6.45) is 0. The largest absolute Gasteiger partial charge is 0.366 e. The van der Waals surface area contributed by atoms with Gasteiger partial charge in [-0.3, -0.25) is 0 Å². The Kier molecular flexibility index (Phi) is 3.70. The summed E-state index contributed by atoms with van der Waals surface area (Å²) in [6, 6.07) is 16.1. The fraction of sp³-hybridized carbons (Fsp3) is 0.294. The Morgan fingerprint density at radius 2 is 1.95 bits per heavy atom. The summed E-state index contributed by atoms with van der Waals surface area (Å²) in [7, 11) is 0. The van der Waals surface area contributed by atoms with Gasteiger partial charge in [-0.05, 0) is 30.2 Å². The van der Waals surface area contributed by atoms with Crippen LogP contribution in [0.3, 0.4) is 0 Å². The van der Waals surface area contributed by atoms with Gasteiger partial charge in [-0.25, -0.2) is 4.39 Å². The maximum absolute atomic E-state index is 14.1. The summed E-state index contributed by atoms with van der Waals surface area (Å²) >= 11 is 0. The van der Waals surface area contributed by atoms with Crippen molar-refractivity contribution in [1.29, 1.82) is 0 Å². The van der Waals surface area contributed by atoms with Gasteiger partial charge in [0.25, 0.3) is 0 Å². The highest BCUT2D eigenvalue weighted by Crippen LogP contribution is 2.25. The molecule has 104 valence electrons. The van der Waals surface area contributed by atoms with Crippen molar-refractivity contribution in [2.24, 2.45) is 0 Å². The fourth-order valence-corrected chi connectivity index (χ4v) is 2.75. The van der Waals surface area contributed by atoms with E-state index in [1.807, 2.05) is 37.3 Å². The Bertz CT molecular complexity index is 583. The lowest BCUT2D eigenvalue weighted by atomic mass is 10.0. The molecule has 1 aliphatic rings. The minimum absolute atomic E-state index is 0.126. The third-order valence-electron chi connectivity index (χ3n) is 3.82. The summed E-state index contributed by atoms with van der Waals surface area (Å²) in [4.78, 5) is 2.13. The minimum Gasteiger partial charge on any atom is -0.366 e. The number of piperazine rings is 1. The standard InChI is InChI=1S/C17H19FN2/c1-13-7-8-17(15(18)11-13)20-10-9-19-16(12-20)14-5-3-2-4-6-14/h2-8,11,16,19H,9-10,12H2,1H3. The summed E-state index contributed by atoms with van der Waals surface area (Å²) in [5, 5.41) is 3.50. The molecular formula is C17H19FN2. The lowest BCUT2D eigenvalue weighted by Crippen LogP contribution is -2.46. The van der Waals surface area contributed by atoms with E-state index in [9.17, 15) is 4.39 Å². The number of hydrogen-bond acceptors (Lipinski definition) is 2. The first-order valence-electron chi connectivity index (χ1n) is 7.03. The van der Waals surface area contributed by atoms with E-state index in [1.165, 1.54) is 5.56 Å². The van der Waals surface area contributed by atoms with E-state index in [4.69, 9.17) is 0 Å². The molecule has 1 unspecified atom stereocenters. The van der Waals surface area contributed by atoms with E-state index in [-0.39, 0.29) is 11.9 Å². The maximum Gasteiger partial charge on any atom is 0.146 e. The van der Waals surface area contributed by atoms with E-state index in [0.717, 1.165) is 25.2 Å². The first-order valence-corrected chi connectivity index (χ1v) is 7.03. The molecule has 3 heteroatoms. The van der Waals surface area contributed by atoms with Crippen LogP contribution in [0.4, 0.5) is 10.1 Å². The smallest absolute Gasteiger partial charge is 0.146 e. The lowest BCUT2D eigenvalue weighted by Gasteiger charge is -2.35. The third kappa shape index (κ3) is 2.68. The highest BCUT2D eigenvalue weighted by Gasteiger charge is 2.22. The number of halogens is 1. The Morgan fingerprint density at radius 1 is 1.15 bits per heavy atom. The average molecular weight is 270 g/mol. The molecule has 1 saturated heterocycles. The molecule has 0 aliphatic carbocycles. The second kappa shape index (κ2) is 5.63. The van der Waals surface area contributed by atoms with Gasteiger partial charge in [-0.2, -0.15) is 0 Å². The Morgan fingerprint density at radius 3 is 2.70 bits per heavy atom. The average Bonchev–Trinajstić information content (AvgIpc) is 2.48. The zero-order chi connectivity index (χ0) is 13.9. The van der Waals surface area contributed by atoms with E-state index in [0.29, 0.717) is 5.69 Å². The molecule has 1 heterocycles. The molecule has 1 N–H and O–H groups in total. The van der Waals surface area contributed by atoms with Gasteiger partial charge in [-0.1, -0.05) is 36.4 Å². The van der Waals surface area contributed by atoms with Gasteiger partial charge in [-0.15, -0.1) is 0 Å². The first-order chi connectivity index (χ1) is 9.74. The van der Waals surface area contributed by atoms with Crippen LogP contribution in [-0.4, -0.2) is 19.6 Å². The normalized spacial score (nSPS) is 19.1. The SMILES string of the molecule is Cc1ccc(N2CCNC(c3ccccc3)C2)c(F)c1. The Balaban J connectivity index is 1.81. The van der Waals surface area contributed by atoms with E-state index in [2.05, 4.69) is 22.3 Å². The van der Waals surface area contributed by atoms with Crippen LogP contribution in [0.1, 0.15) is 17.2 Å². The predicted molar refractivity (Wildman–Crippen MR) is 80.5 cm³/mol. The van der Waals surface area contributed by atoms with Crippen LogP contribution in [0.2, 0.25) is 0 Å². The topological polar surface area (TPSA) is 15.3 Å². The van der Waals surface area contributed by atoms with Crippen LogP contribution in [0.15, 0.2) is 48.5 Å². The van der Waals surface area contributed by atoms with Gasteiger partial charge in [0.15, 0.2) is 0 Å². The van der Waals surface area contributed by atoms with Gasteiger partial charge in [0, 0.05) is 25.7 Å². The van der Waals surface area contributed by atoms with Crippen molar-refractivity contribution in [3.05, 3.63) is 65.5 Å². The van der Waals surface area contributed by atoms with Gasteiger partial charge in [0.05, 0.1) is 5.69 Å². The zero-order valence-electron chi connectivity index (χ0n) is 11.6. The van der Waals surface area contributed by atoms with Crippen molar-refractivity contribution in [2.45, 2.75) is 13.0 Å². The maximum atomic E-state index is 14.1. The lowest BCUT2D eigenvalue weighted by molar-refractivity contribution is 0.466. The van der Waals surface area contributed by atoms with E-state index in [1.54, 1.807) is 6.07 Å². The van der Waals surface area contributed by atoms with Gasteiger partial charge in [0.1, 0.15) is 5.82 Å². The molecule has 0 amide bonds. The van der Waals surface area contributed by atoms with E-state index >= 15 is 0 Å². The zero-order valence-corrected chi connectivity index (χ0v) is 11.6. The van der Waals surface area contributed by atoms with Crippen LogP contribution in [-0.2, 0) is 0 Å². The molecule has 3 rings (SSSR count). The molecule has 2 aromatic carbocycles. The molecule has 1 atom stereocenters. The number of aryl methyl sites for hydroxylation is 1. The summed E-state index contributed by atoms with van der Waals surface area (Å²) in [5.41, 5.74) is 2.92. The number of rotatable bonds is 2. The second-order valence-corrected chi connectivity index (χ2v) is 5.32. The highest BCUT2D eigenvalue weighted by molar-refractivity contribution is 5.50. The van der Waals surface area contributed by atoms with Gasteiger partial charge in [0.2, 0.25) is 0 Å². The highest BCUT2D eigenvalue weighted by atomic mass is 19.1. The number of benzene rings is 2. The molecule has 0 aromatic heterocycles. The molecule has 0 radical (unpaired) electrons. The first kappa shape index (κ1) is 13.1. The molecule has 2 aromatic rings. The fourth-order valence-electron chi connectivity index (χ4n) is 2.75. The monoisotopic (exact) mass is 270 g/mol. The van der Waals surface area contributed by atoms with Crippen LogP contribution in [0.5, 0.6) is 0 Å². The molecule has 0 bridgehead atoms. The van der Waals surface area contributed by atoms with Crippen molar-refractivity contribution >= 4 is 5.69 Å². The van der Waals surface area contributed by atoms with Crippen molar-refractivity contribution in [3.8, 4) is 0 Å². The number of nitrogens with zero attached hydrogens (tertiary/aromatic N) is 1. The summed E-state index contributed by atoms with van der Waals surface area (Å²) in [5.74, 6) is -0.126. The number of hydrogen-bond donors (Lipinski definition) is 1. The number of anilines is 1. The second-order valence-electron chi connectivity index (χ2n) is 5.32. The molecule has 0 saturated carbocycles. The molecular weight excluding hydrogens is 251 g/mol. The minimum atomic E-state index is -0.126.